The number of rotatable bonds is 4. The highest BCUT2D eigenvalue weighted by atomic mass is 19.1. The number of aromatic amines is 1. The zero-order valence-corrected chi connectivity index (χ0v) is 13.0. The highest BCUT2D eigenvalue weighted by Gasteiger charge is 2.26. The van der Waals surface area contributed by atoms with E-state index in [0.29, 0.717) is 30.6 Å². The van der Waals surface area contributed by atoms with E-state index >= 15 is 0 Å². The Morgan fingerprint density at radius 2 is 2.00 bits per heavy atom. The van der Waals surface area contributed by atoms with Gasteiger partial charge in [-0.15, -0.1) is 0 Å². The maximum Gasteiger partial charge on any atom is 0.268 e. The van der Waals surface area contributed by atoms with E-state index < -0.39 is 0 Å². The van der Waals surface area contributed by atoms with E-state index in [9.17, 15) is 14.0 Å². The molecule has 1 aliphatic carbocycles. The number of nitrogens with one attached hydrogen (secondary N) is 2. The Morgan fingerprint density at radius 3 is 2.70 bits per heavy atom. The van der Waals surface area contributed by atoms with Gasteiger partial charge in [0.25, 0.3) is 5.91 Å². The molecule has 0 unspecified atom stereocenters. The summed E-state index contributed by atoms with van der Waals surface area (Å²) in [5, 5.41) is 2.85. The Morgan fingerprint density at radius 1 is 1.26 bits per heavy atom. The second kappa shape index (κ2) is 6.36. The lowest BCUT2D eigenvalue weighted by molar-refractivity contribution is 0.0948. The zero-order valence-electron chi connectivity index (χ0n) is 13.0. The second-order valence-corrected chi connectivity index (χ2v) is 5.89. The van der Waals surface area contributed by atoms with Crippen molar-refractivity contribution in [3.63, 3.8) is 0 Å². The summed E-state index contributed by atoms with van der Waals surface area (Å²) in [5.74, 6) is -0.354. The van der Waals surface area contributed by atoms with E-state index in [1.165, 1.54) is 12.1 Å². The Kier molecular flexibility index (Phi) is 4.28. The van der Waals surface area contributed by atoms with Crippen molar-refractivity contribution < 1.29 is 14.0 Å². The van der Waals surface area contributed by atoms with E-state index in [0.717, 1.165) is 29.7 Å². The molecular weight excluding hydrogens is 295 g/mol. The van der Waals surface area contributed by atoms with Crippen LogP contribution >= 0.6 is 0 Å². The van der Waals surface area contributed by atoms with Crippen molar-refractivity contribution in [2.45, 2.75) is 32.6 Å². The van der Waals surface area contributed by atoms with Crippen molar-refractivity contribution in [1.29, 1.82) is 0 Å². The molecule has 0 radical (unpaired) electrons. The average Bonchev–Trinajstić information content (AvgIpc) is 2.88. The van der Waals surface area contributed by atoms with Gasteiger partial charge in [-0.3, -0.25) is 9.59 Å². The molecule has 5 heteroatoms. The molecule has 1 amide bonds. The lowest BCUT2D eigenvalue weighted by Gasteiger charge is -2.09. The van der Waals surface area contributed by atoms with Gasteiger partial charge in [0, 0.05) is 24.2 Å². The number of fused-ring (bicyclic) bond motifs is 1. The van der Waals surface area contributed by atoms with Gasteiger partial charge in [-0.05, 0) is 49.4 Å². The average molecular weight is 314 g/mol. The molecule has 23 heavy (non-hydrogen) atoms. The van der Waals surface area contributed by atoms with Gasteiger partial charge in [0.1, 0.15) is 11.5 Å². The van der Waals surface area contributed by atoms with Crippen LogP contribution in [0.1, 0.15) is 50.5 Å². The summed E-state index contributed by atoms with van der Waals surface area (Å²) in [6.07, 6.45) is 2.82. The fourth-order valence-corrected chi connectivity index (χ4v) is 3.06. The quantitative estimate of drug-likeness (QED) is 0.911. The molecular formula is C18H19FN2O2. The maximum atomic E-state index is 12.8. The lowest BCUT2D eigenvalue weighted by Crippen LogP contribution is -2.26. The van der Waals surface area contributed by atoms with E-state index in [-0.39, 0.29) is 17.5 Å². The number of halogens is 1. The molecule has 1 heterocycles. The molecule has 0 fully saturated rings. The molecule has 4 nitrogen and oxygen atoms in total. The van der Waals surface area contributed by atoms with Crippen LogP contribution < -0.4 is 5.32 Å². The van der Waals surface area contributed by atoms with Crippen LogP contribution in [-0.4, -0.2) is 23.2 Å². The van der Waals surface area contributed by atoms with Gasteiger partial charge in [0.05, 0.1) is 0 Å². The first-order valence-corrected chi connectivity index (χ1v) is 7.83. The van der Waals surface area contributed by atoms with Crippen molar-refractivity contribution >= 4 is 11.7 Å². The van der Waals surface area contributed by atoms with Crippen LogP contribution in [0.3, 0.4) is 0 Å². The summed E-state index contributed by atoms with van der Waals surface area (Å²) < 4.78 is 12.8. The topological polar surface area (TPSA) is 62.0 Å². The number of aryl methyl sites for hydroxylation is 1. The van der Waals surface area contributed by atoms with E-state index in [1.54, 1.807) is 12.1 Å². The van der Waals surface area contributed by atoms with Crippen molar-refractivity contribution in [3.05, 3.63) is 58.2 Å². The molecule has 0 spiro atoms. The summed E-state index contributed by atoms with van der Waals surface area (Å²) in [4.78, 5) is 27.4. The predicted octanol–water partition coefficient (Wildman–Crippen LogP) is 2.95. The Labute approximate surface area is 134 Å². The van der Waals surface area contributed by atoms with E-state index in [4.69, 9.17) is 0 Å². The van der Waals surface area contributed by atoms with E-state index in [2.05, 4.69) is 10.3 Å². The molecule has 1 aliphatic rings. The van der Waals surface area contributed by atoms with Crippen LogP contribution in [0.25, 0.3) is 0 Å². The monoisotopic (exact) mass is 314 g/mol. The molecule has 0 aliphatic heterocycles. The number of amides is 1. The SMILES string of the molecule is Cc1c(C(=O)NCCc2ccc(F)cc2)[nH]c2c1C(=O)CCC2. The molecule has 2 N–H and O–H groups in total. The first-order chi connectivity index (χ1) is 11.1. The number of benzene rings is 1. The van der Waals surface area contributed by atoms with Crippen molar-refractivity contribution in [2.24, 2.45) is 0 Å². The van der Waals surface area contributed by atoms with Gasteiger partial charge >= 0.3 is 0 Å². The highest BCUT2D eigenvalue weighted by Crippen LogP contribution is 2.26. The Bertz CT molecular complexity index is 747. The molecule has 0 saturated carbocycles. The van der Waals surface area contributed by atoms with Gasteiger partial charge in [0.15, 0.2) is 5.78 Å². The summed E-state index contributed by atoms with van der Waals surface area (Å²) in [6, 6.07) is 6.23. The molecule has 120 valence electrons. The summed E-state index contributed by atoms with van der Waals surface area (Å²) in [6.45, 7) is 2.27. The number of carbonyl (C=O) groups is 2. The normalized spacial score (nSPS) is 13.7. The molecule has 0 bridgehead atoms. The summed E-state index contributed by atoms with van der Waals surface area (Å²) in [7, 11) is 0. The maximum absolute atomic E-state index is 12.8. The molecule has 0 atom stereocenters. The number of Topliss-reactive ketones (excluding diaryl/α,β-unsaturated/α-hetero) is 1. The van der Waals surface area contributed by atoms with Gasteiger partial charge in [-0.1, -0.05) is 12.1 Å². The number of aromatic nitrogens is 1. The van der Waals surface area contributed by atoms with Crippen LogP contribution in [0.2, 0.25) is 0 Å². The van der Waals surface area contributed by atoms with Crippen molar-refractivity contribution in [1.82, 2.24) is 10.3 Å². The van der Waals surface area contributed by atoms with Gasteiger partial charge < -0.3 is 10.3 Å². The van der Waals surface area contributed by atoms with Crippen LogP contribution in [0.5, 0.6) is 0 Å². The summed E-state index contributed by atoms with van der Waals surface area (Å²) >= 11 is 0. The summed E-state index contributed by atoms with van der Waals surface area (Å²) in [5.41, 5.74) is 3.75. The lowest BCUT2D eigenvalue weighted by atomic mass is 9.94. The van der Waals surface area contributed by atoms with Gasteiger partial charge in [0.2, 0.25) is 0 Å². The highest BCUT2D eigenvalue weighted by molar-refractivity contribution is 6.04. The largest absolute Gasteiger partial charge is 0.354 e. The molecule has 0 saturated heterocycles. The van der Waals surface area contributed by atoms with Crippen LogP contribution in [0, 0.1) is 12.7 Å². The Balaban J connectivity index is 1.65. The van der Waals surface area contributed by atoms with Gasteiger partial charge in [-0.2, -0.15) is 0 Å². The number of H-pyrrole nitrogens is 1. The number of hydrogen-bond acceptors (Lipinski definition) is 2. The Hall–Kier alpha value is -2.43. The molecule has 1 aromatic carbocycles. The standard InChI is InChI=1S/C18H19FN2O2/c1-11-16-14(3-2-4-15(16)22)21-17(11)18(23)20-10-9-12-5-7-13(19)8-6-12/h5-8,21H,2-4,9-10H2,1H3,(H,20,23). The first-order valence-electron chi connectivity index (χ1n) is 7.83. The number of ketones is 1. The van der Waals surface area contributed by atoms with Crippen molar-refractivity contribution in [2.75, 3.05) is 6.54 Å². The minimum atomic E-state index is -0.268. The number of carbonyl (C=O) groups excluding carboxylic acids is 2. The van der Waals surface area contributed by atoms with Crippen LogP contribution in [0.4, 0.5) is 4.39 Å². The fourth-order valence-electron chi connectivity index (χ4n) is 3.06. The predicted molar refractivity (Wildman–Crippen MR) is 85.2 cm³/mol. The number of hydrogen-bond donors (Lipinski definition) is 2. The van der Waals surface area contributed by atoms with Crippen LogP contribution in [-0.2, 0) is 12.8 Å². The van der Waals surface area contributed by atoms with Crippen LogP contribution in [0.15, 0.2) is 24.3 Å². The molecule has 2 aromatic rings. The second-order valence-electron chi connectivity index (χ2n) is 5.89. The van der Waals surface area contributed by atoms with E-state index in [1.807, 2.05) is 6.92 Å². The van der Waals surface area contributed by atoms with Gasteiger partial charge in [-0.25, -0.2) is 4.39 Å². The fraction of sp³-hybridized carbons (Fsp3) is 0.333. The smallest absolute Gasteiger partial charge is 0.268 e. The first kappa shape index (κ1) is 15.5. The third-order valence-electron chi connectivity index (χ3n) is 4.28. The molecule has 3 rings (SSSR count). The third kappa shape index (κ3) is 3.18. The third-order valence-corrected chi connectivity index (χ3v) is 4.28. The minimum absolute atomic E-state index is 0.116. The molecule has 1 aromatic heterocycles. The van der Waals surface area contributed by atoms with Crippen molar-refractivity contribution in [3.8, 4) is 0 Å². The zero-order chi connectivity index (χ0) is 16.4. The minimum Gasteiger partial charge on any atom is -0.354 e.